The average molecular weight is 298 g/mol. The molecule has 2 heteroatoms. The maximum absolute atomic E-state index is 4.12. The molecule has 0 spiro atoms. The lowest BCUT2D eigenvalue weighted by Crippen LogP contribution is -2.22. The molecule has 22 heavy (non-hydrogen) atoms. The Balaban J connectivity index is 0.00000135. The third-order valence-corrected chi connectivity index (χ3v) is 3.16. The van der Waals surface area contributed by atoms with Crippen molar-refractivity contribution in [1.29, 1.82) is 0 Å². The van der Waals surface area contributed by atoms with Gasteiger partial charge in [0.15, 0.2) is 0 Å². The summed E-state index contributed by atoms with van der Waals surface area (Å²) in [7, 11) is 1.93. The molecule has 0 aromatic carbocycles. The Morgan fingerprint density at radius 3 is 2.41 bits per heavy atom. The SMILES string of the molecule is C=C(/C=C\CC)C1=CC(=C(\C)NC)/C(=C\C)NC1=C.C=CC. The molecule has 2 nitrogen and oxygen atoms in total. The molecule has 1 heterocycles. The zero-order chi connectivity index (χ0) is 17.1. The molecule has 1 rings (SSSR count). The summed E-state index contributed by atoms with van der Waals surface area (Å²) in [5.74, 6) is 0. The van der Waals surface area contributed by atoms with E-state index in [-0.39, 0.29) is 0 Å². The van der Waals surface area contributed by atoms with Crippen LogP contribution in [0.5, 0.6) is 0 Å². The first-order valence-corrected chi connectivity index (χ1v) is 7.62. The molecule has 0 aromatic heterocycles. The van der Waals surface area contributed by atoms with Crippen LogP contribution in [0.2, 0.25) is 0 Å². The smallest absolute Gasteiger partial charge is 0.0432 e. The second kappa shape index (κ2) is 10.5. The molecule has 120 valence electrons. The molecular formula is C20H30N2. The summed E-state index contributed by atoms with van der Waals surface area (Å²) in [5, 5.41) is 6.54. The van der Waals surface area contributed by atoms with Crippen molar-refractivity contribution in [1.82, 2.24) is 10.6 Å². The number of allylic oxidation sites excluding steroid dienone is 7. The molecule has 0 radical (unpaired) electrons. The molecule has 0 saturated carbocycles. The predicted octanol–water partition coefficient (Wildman–Crippen LogP) is 5.14. The van der Waals surface area contributed by atoms with Gasteiger partial charge in [-0.25, -0.2) is 0 Å². The highest BCUT2D eigenvalue weighted by molar-refractivity contribution is 5.60. The minimum Gasteiger partial charge on any atom is -0.391 e. The monoisotopic (exact) mass is 298 g/mol. The lowest BCUT2D eigenvalue weighted by atomic mass is 9.94. The lowest BCUT2D eigenvalue weighted by molar-refractivity contribution is 0.917. The normalized spacial score (nSPS) is 18.1. The van der Waals surface area contributed by atoms with E-state index >= 15 is 0 Å². The van der Waals surface area contributed by atoms with Crippen LogP contribution in [0, 0.1) is 0 Å². The molecule has 0 atom stereocenters. The van der Waals surface area contributed by atoms with Crippen LogP contribution in [-0.4, -0.2) is 7.05 Å². The zero-order valence-electron chi connectivity index (χ0n) is 14.7. The van der Waals surface area contributed by atoms with E-state index in [9.17, 15) is 0 Å². The van der Waals surface area contributed by atoms with Crippen molar-refractivity contribution in [2.75, 3.05) is 7.05 Å². The number of hydrogen-bond acceptors (Lipinski definition) is 2. The molecule has 0 amide bonds. The van der Waals surface area contributed by atoms with Crippen LogP contribution >= 0.6 is 0 Å². The molecule has 0 bridgehead atoms. The standard InChI is InChI=1S/C17H24N2.C3H6/c1-7-9-10-12(3)15-11-16(13(4)18-6)17(8-2)19-14(15)5;1-3-2/h8-11,18-19H,3,5,7H2,1-2,4,6H3;3H,1H2,2H3/b10-9-,16-13-,17-8+;. The lowest BCUT2D eigenvalue weighted by Gasteiger charge is -2.25. The van der Waals surface area contributed by atoms with Gasteiger partial charge in [-0.05, 0) is 38.8 Å². The van der Waals surface area contributed by atoms with E-state index in [0.29, 0.717) is 0 Å². The van der Waals surface area contributed by atoms with Gasteiger partial charge in [-0.15, -0.1) is 6.58 Å². The first kappa shape index (κ1) is 19.8. The van der Waals surface area contributed by atoms with E-state index in [0.717, 1.165) is 40.2 Å². The summed E-state index contributed by atoms with van der Waals surface area (Å²) < 4.78 is 0. The fourth-order valence-electron chi connectivity index (χ4n) is 1.92. The maximum atomic E-state index is 4.12. The average Bonchev–Trinajstić information content (AvgIpc) is 2.52. The summed E-state index contributed by atoms with van der Waals surface area (Å²) in [6.45, 7) is 19.6. The van der Waals surface area contributed by atoms with Crippen molar-refractivity contribution < 1.29 is 0 Å². The largest absolute Gasteiger partial charge is 0.391 e. The van der Waals surface area contributed by atoms with E-state index in [4.69, 9.17) is 0 Å². The Labute approximate surface area is 136 Å². The van der Waals surface area contributed by atoms with Gasteiger partial charge in [0.1, 0.15) is 0 Å². The Morgan fingerprint density at radius 1 is 1.36 bits per heavy atom. The van der Waals surface area contributed by atoms with Crippen molar-refractivity contribution in [3.63, 3.8) is 0 Å². The van der Waals surface area contributed by atoms with E-state index in [1.54, 1.807) is 6.08 Å². The highest BCUT2D eigenvalue weighted by atomic mass is 14.9. The second-order valence-corrected chi connectivity index (χ2v) is 4.90. The van der Waals surface area contributed by atoms with Crippen molar-refractivity contribution in [3.05, 3.63) is 83.9 Å². The summed E-state index contributed by atoms with van der Waals surface area (Å²) in [6.07, 6.45) is 11.1. The van der Waals surface area contributed by atoms with Gasteiger partial charge in [0, 0.05) is 35.3 Å². The van der Waals surface area contributed by atoms with E-state index < -0.39 is 0 Å². The topological polar surface area (TPSA) is 24.1 Å². The number of nitrogens with one attached hydrogen (secondary N) is 2. The Kier molecular flexibility index (Phi) is 9.44. The summed E-state index contributed by atoms with van der Waals surface area (Å²) >= 11 is 0. The van der Waals surface area contributed by atoms with Crippen molar-refractivity contribution in [2.24, 2.45) is 0 Å². The van der Waals surface area contributed by atoms with Crippen LogP contribution in [0.15, 0.2) is 83.9 Å². The Bertz CT molecular complexity index is 540. The highest BCUT2D eigenvalue weighted by Gasteiger charge is 2.17. The second-order valence-electron chi connectivity index (χ2n) is 4.90. The van der Waals surface area contributed by atoms with E-state index in [1.165, 1.54) is 0 Å². The molecule has 0 unspecified atom stereocenters. The maximum Gasteiger partial charge on any atom is 0.0432 e. The highest BCUT2D eigenvalue weighted by Crippen LogP contribution is 2.28. The van der Waals surface area contributed by atoms with Crippen LogP contribution in [0.1, 0.15) is 34.1 Å². The van der Waals surface area contributed by atoms with Gasteiger partial charge in [0.2, 0.25) is 0 Å². The van der Waals surface area contributed by atoms with Crippen molar-refractivity contribution in [3.8, 4) is 0 Å². The molecule has 2 N–H and O–H groups in total. The van der Waals surface area contributed by atoms with Gasteiger partial charge in [-0.3, -0.25) is 0 Å². The Hall–Kier alpha value is -2.22. The van der Waals surface area contributed by atoms with Gasteiger partial charge in [0.05, 0.1) is 0 Å². The van der Waals surface area contributed by atoms with Gasteiger partial charge in [0.25, 0.3) is 0 Å². The molecular weight excluding hydrogens is 268 g/mol. The summed E-state index contributed by atoms with van der Waals surface area (Å²) in [4.78, 5) is 0. The van der Waals surface area contributed by atoms with Gasteiger partial charge >= 0.3 is 0 Å². The first-order valence-electron chi connectivity index (χ1n) is 7.62. The third-order valence-electron chi connectivity index (χ3n) is 3.16. The quantitative estimate of drug-likeness (QED) is 0.554. The van der Waals surface area contributed by atoms with Crippen molar-refractivity contribution >= 4 is 0 Å². The van der Waals surface area contributed by atoms with Crippen molar-refractivity contribution in [2.45, 2.75) is 34.1 Å². The fraction of sp³-hybridized carbons (Fsp3) is 0.300. The Morgan fingerprint density at radius 2 is 1.95 bits per heavy atom. The molecule has 0 aliphatic carbocycles. The van der Waals surface area contributed by atoms with Crippen LogP contribution < -0.4 is 10.6 Å². The predicted molar refractivity (Wildman–Crippen MR) is 100 cm³/mol. The minimum absolute atomic E-state index is 0.895. The van der Waals surface area contributed by atoms with E-state index in [2.05, 4.69) is 62.4 Å². The minimum atomic E-state index is 0.895. The van der Waals surface area contributed by atoms with E-state index in [1.807, 2.05) is 27.0 Å². The molecule has 1 aliphatic heterocycles. The summed E-state index contributed by atoms with van der Waals surface area (Å²) in [5.41, 5.74) is 6.28. The van der Waals surface area contributed by atoms with Gasteiger partial charge in [-0.1, -0.05) is 44.4 Å². The zero-order valence-corrected chi connectivity index (χ0v) is 14.7. The molecule has 0 saturated heterocycles. The molecule has 0 aromatic rings. The first-order chi connectivity index (χ1) is 10.5. The van der Waals surface area contributed by atoms with Crippen LogP contribution in [0.3, 0.4) is 0 Å². The number of hydrogen-bond donors (Lipinski definition) is 2. The van der Waals surface area contributed by atoms with Gasteiger partial charge < -0.3 is 10.6 Å². The summed E-state index contributed by atoms with van der Waals surface area (Å²) in [6, 6.07) is 0. The van der Waals surface area contributed by atoms with Crippen LogP contribution in [0.25, 0.3) is 0 Å². The molecule has 0 fully saturated rings. The van der Waals surface area contributed by atoms with Crippen LogP contribution in [-0.2, 0) is 0 Å². The van der Waals surface area contributed by atoms with Gasteiger partial charge in [-0.2, -0.15) is 0 Å². The fourth-order valence-corrected chi connectivity index (χ4v) is 1.92. The van der Waals surface area contributed by atoms with Crippen LogP contribution in [0.4, 0.5) is 0 Å². The third kappa shape index (κ3) is 5.65. The molecule has 1 aliphatic rings. The number of rotatable bonds is 4.